The Morgan fingerprint density at radius 2 is 1.77 bits per heavy atom. The Labute approximate surface area is 178 Å². The van der Waals surface area contributed by atoms with Crippen molar-refractivity contribution in [1.82, 2.24) is 4.31 Å². The summed E-state index contributed by atoms with van der Waals surface area (Å²) in [4.78, 5) is 14.0. The van der Waals surface area contributed by atoms with E-state index in [0.29, 0.717) is 45.1 Å². The SMILES string of the molecule is O=C(CSC(F)(F)F)Nc1cc(S(=O)(=O)N2CCCCC2)ccc1N1CCOCC1. The molecule has 0 unspecified atom stereocenters. The van der Waals surface area contributed by atoms with Gasteiger partial charge in [-0.25, -0.2) is 8.42 Å². The third-order valence-electron chi connectivity index (χ3n) is 4.91. The van der Waals surface area contributed by atoms with E-state index in [9.17, 15) is 26.4 Å². The quantitative estimate of drug-likeness (QED) is 0.693. The number of halogens is 3. The molecule has 2 saturated heterocycles. The molecule has 0 radical (unpaired) electrons. The van der Waals surface area contributed by atoms with E-state index < -0.39 is 39.0 Å². The minimum atomic E-state index is -4.52. The van der Waals surface area contributed by atoms with Gasteiger partial charge in [0.25, 0.3) is 0 Å². The first kappa shape index (κ1) is 23.2. The fourth-order valence-corrected chi connectivity index (χ4v) is 5.35. The summed E-state index contributed by atoms with van der Waals surface area (Å²) in [6, 6.07) is 4.41. The number of nitrogens with one attached hydrogen (secondary N) is 1. The smallest absolute Gasteiger partial charge is 0.378 e. The fraction of sp³-hybridized carbons (Fsp3) is 0.611. The minimum Gasteiger partial charge on any atom is -0.378 e. The minimum absolute atomic E-state index is 0.0141. The number of morpholine rings is 1. The molecule has 0 atom stereocenters. The Hall–Kier alpha value is -1.50. The molecule has 7 nitrogen and oxygen atoms in total. The highest BCUT2D eigenvalue weighted by atomic mass is 32.2. The van der Waals surface area contributed by atoms with Gasteiger partial charge < -0.3 is 15.0 Å². The molecule has 0 bridgehead atoms. The van der Waals surface area contributed by atoms with Crippen molar-refractivity contribution in [2.24, 2.45) is 0 Å². The summed E-state index contributed by atoms with van der Waals surface area (Å²) in [6.45, 7) is 2.84. The lowest BCUT2D eigenvalue weighted by Crippen LogP contribution is -2.37. The lowest BCUT2D eigenvalue weighted by atomic mass is 10.2. The molecule has 1 aromatic rings. The van der Waals surface area contributed by atoms with Crippen molar-refractivity contribution in [3.05, 3.63) is 18.2 Å². The number of rotatable bonds is 6. The fourth-order valence-electron chi connectivity index (χ4n) is 3.44. The Kier molecular flexibility index (Phi) is 7.53. The van der Waals surface area contributed by atoms with Crippen molar-refractivity contribution in [1.29, 1.82) is 0 Å². The van der Waals surface area contributed by atoms with Gasteiger partial charge in [0.05, 0.1) is 35.2 Å². The Morgan fingerprint density at radius 3 is 2.40 bits per heavy atom. The zero-order valence-electron chi connectivity index (χ0n) is 16.3. The first-order valence-corrected chi connectivity index (χ1v) is 12.1. The van der Waals surface area contributed by atoms with Crippen molar-refractivity contribution in [2.45, 2.75) is 29.7 Å². The summed E-state index contributed by atoms with van der Waals surface area (Å²) in [5.41, 5.74) is -3.78. The zero-order chi connectivity index (χ0) is 21.8. The van der Waals surface area contributed by atoms with Gasteiger partial charge >= 0.3 is 5.51 Å². The number of carbonyl (C=O) groups is 1. The molecule has 0 aromatic heterocycles. The highest BCUT2D eigenvalue weighted by molar-refractivity contribution is 8.00. The summed E-state index contributed by atoms with van der Waals surface area (Å²) in [5, 5.41) is 2.47. The van der Waals surface area contributed by atoms with Crippen LogP contribution in [0, 0.1) is 0 Å². The molecule has 0 aliphatic carbocycles. The highest BCUT2D eigenvalue weighted by Crippen LogP contribution is 2.33. The van der Waals surface area contributed by atoms with Gasteiger partial charge in [-0.15, -0.1) is 0 Å². The molecule has 0 spiro atoms. The molecule has 2 aliphatic rings. The molecule has 30 heavy (non-hydrogen) atoms. The summed E-state index contributed by atoms with van der Waals surface area (Å²) < 4.78 is 70.0. The van der Waals surface area contributed by atoms with E-state index in [1.54, 1.807) is 6.07 Å². The zero-order valence-corrected chi connectivity index (χ0v) is 17.9. The predicted molar refractivity (Wildman–Crippen MR) is 109 cm³/mol. The number of piperidine rings is 1. The summed E-state index contributed by atoms with van der Waals surface area (Å²) in [6.07, 6.45) is 2.53. The number of nitrogens with zero attached hydrogens (tertiary/aromatic N) is 2. The van der Waals surface area contributed by atoms with Crippen LogP contribution >= 0.6 is 11.8 Å². The van der Waals surface area contributed by atoms with Crippen molar-refractivity contribution in [2.75, 3.05) is 55.4 Å². The lowest BCUT2D eigenvalue weighted by molar-refractivity contribution is -0.114. The van der Waals surface area contributed by atoms with E-state index in [-0.39, 0.29) is 10.6 Å². The molecule has 1 aromatic carbocycles. The highest BCUT2D eigenvalue weighted by Gasteiger charge is 2.30. The molecule has 2 fully saturated rings. The monoisotopic (exact) mass is 467 g/mol. The van der Waals surface area contributed by atoms with Gasteiger partial charge in [-0.05, 0) is 42.8 Å². The van der Waals surface area contributed by atoms with E-state index in [4.69, 9.17) is 4.74 Å². The number of hydrogen-bond acceptors (Lipinski definition) is 6. The van der Waals surface area contributed by atoms with E-state index in [0.717, 1.165) is 19.3 Å². The van der Waals surface area contributed by atoms with E-state index >= 15 is 0 Å². The summed E-state index contributed by atoms with van der Waals surface area (Å²) in [7, 11) is -3.75. The molecule has 3 rings (SSSR count). The van der Waals surface area contributed by atoms with Gasteiger partial charge in [0.1, 0.15) is 0 Å². The molecule has 1 amide bonds. The van der Waals surface area contributed by atoms with Crippen LogP contribution in [0.4, 0.5) is 24.5 Å². The number of ether oxygens (including phenoxy) is 1. The van der Waals surface area contributed by atoms with Gasteiger partial charge in [-0.2, -0.15) is 17.5 Å². The second kappa shape index (κ2) is 9.75. The topological polar surface area (TPSA) is 79.0 Å². The first-order chi connectivity index (χ1) is 14.2. The number of benzene rings is 1. The third kappa shape index (κ3) is 6.02. The molecular formula is C18H24F3N3O4S2. The summed E-state index contributed by atoms with van der Waals surface area (Å²) in [5.74, 6) is -1.66. The molecule has 2 heterocycles. The van der Waals surface area contributed by atoms with Crippen LogP contribution in [0.1, 0.15) is 19.3 Å². The van der Waals surface area contributed by atoms with Crippen LogP contribution in [0.3, 0.4) is 0 Å². The van der Waals surface area contributed by atoms with Gasteiger partial charge in [0.15, 0.2) is 0 Å². The average molecular weight is 468 g/mol. The number of hydrogen-bond donors (Lipinski definition) is 1. The number of alkyl halides is 3. The van der Waals surface area contributed by atoms with Crippen LogP contribution in [-0.4, -0.2) is 69.3 Å². The molecular weight excluding hydrogens is 443 g/mol. The maximum atomic E-state index is 13.0. The molecule has 1 N–H and O–H groups in total. The maximum absolute atomic E-state index is 13.0. The van der Waals surface area contributed by atoms with Gasteiger partial charge in [-0.1, -0.05) is 6.42 Å². The number of sulfonamides is 1. The summed E-state index contributed by atoms with van der Waals surface area (Å²) >= 11 is -0.437. The van der Waals surface area contributed by atoms with Crippen LogP contribution in [0.5, 0.6) is 0 Å². The number of anilines is 2. The van der Waals surface area contributed by atoms with Crippen molar-refractivity contribution in [3.8, 4) is 0 Å². The Bertz CT molecular complexity index is 853. The van der Waals surface area contributed by atoms with E-state index in [2.05, 4.69) is 5.32 Å². The van der Waals surface area contributed by atoms with Crippen LogP contribution in [-0.2, 0) is 19.6 Å². The largest absolute Gasteiger partial charge is 0.442 e. The second-order valence-corrected chi connectivity index (χ2v) is 10.0. The number of carbonyl (C=O) groups excluding carboxylic acids is 1. The second-order valence-electron chi connectivity index (χ2n) is 7.03. The predicted octanol–water partition coefficient (Wildman–Crippen LogP) is 2.89. The molecule has 2 aliphatic heterocycles. The molecule has 168 valence electrons. The van der Waals surface area contributed by atoms with Gasteiger partial charge in [0.2, 0.25) is 15.9 Å². The van der Waals surface area contributed by atoms with Gasteiger partial charge in [0, 0.05) is 26.2 Å². The molecule has 12 heteroatoms. The molecule has 0 saturated carbocycles. The van der Waals surface area contributed by atoms with Crippen LogP contribution in [0.2, 0.25) is 0 Å². The Balaban J connectivity index is 1.87. The number of amides is 1. The number of thioether (sulfide) groups is 1. The standard InChI is InChI=1S/C18H24F3N3O4S2/c19-18(20,21)29-13-17(25)22-15-12-14(30(26,27)24-6-2-1-3-7-24)4-5-16(15)23-8-10-28-11-9-23/h4-5,12H,1-3,6-11,13H2,(H,22,25). The lowest BCUT2D eigenvalue weighted by Gasteiger charge is -2.31. The maximum Gasteiger partial charge on any atom is 0.442 e. The van der Waals surface area contributed by atoms with E-state index in [1.807, 2.05) is 4.90 Å². The van der Waals surface area contributed by atoms with Crippen molar-refractivity contribution >= 4 is 39.1 Å². The first-order valence-electron chi connectivity index (χ1n) is 9.64. The average Bonchev–Trinajstić information content (AvgIpc) is 2.73. The third-order valence-corrected chi connectivity index (χ3v) is 7.54. The van der Waals surface area contributed by atoms with E-state index in [1.165, 1.54) is 16.4 Å². The van der Waals surface area contributed by atoms with Crippen molar-refractivity contribution in [3.63, 3.8) is 0 Å². The Morgan fingerprint density at radius 1 is 1.10 bits per heavy atom. The van der Waals surface area contributed by atoms with Crippen molar-refractivity contribution < 1.29 is 31.1 Å². The van der Waals surface area contributed by atoms with Crippen LogP contribution in [0.15, 0.2) is 23.1 Å². The van der Waals surface area contributed by atoms with Crippen LogP contribution < -0.4 is 10.2 Å². The van der Waals surface area contributed by atoms with Gasteiger partial charge in [-0.3, -0.25) is 4.79 Å². The normalized spacial score (nSPS) is 19.0. The van der Waals surface area contributed by atoms with Crippen LogP contribution in [0.25, 0.3) is 0 Å².